The molecule has 0 N–H and O–H groups in total. The molecular weight excluding hydrogens is 276 g/mol. The maximum absolute atomic E-state index is 12.6. The summed E-state index contributed by atoms with van der Waals surface area (Å²) in [7, 11) is -3.59. The molecule has 0 saturated carbocycles. The van der Waals surface area contributed by atoms with E-state index in [0.29, 0.717) is 13.0 Å². The van der Waals surface area contributed by atoms with E-state index in [4.69, 9.17) is 5.53 Å². The number of azide groups is 1. The molecule has 2 atom stereocenters. The van der Waals surface area contributed by atoms with Crippen molar-refractivity contribution in [3.8, 4) is 0 Å². The molecule has 1 saturated heterocycles. The number of hydrogen-bond donors (Lipinski definition) is 0. The summed E-state index contributed by atoms with van der Waals surface area (Å²) < 4.78 is 26.6. The third kappa shape index (κ3) is 2.56. The Balaban J connectivity index is 2.37. The number of aryl methyl sites for hydroxylation is 1. The van der Waals surface area contributed by atoms with Crippen molar-refractivity contribution < 1.29 is 8.42 Å². The SMILES string of the molecule is C=C[C@H]1[C@@H](N=[N+]=[N-])CCN1S(=O)(=O)c1ccc(C)cc1. The quantitative estimate of drug-likeness (QED) is 0.369. The molecular formula is C13H16N4O2S. The highest BCUT2D eigenvalue weighted by Gasteiger charge is 2.39. The Morgan fingerprint density at radius 3 is 2.65 bits per heavy atom. The van der Waals surface area contributed by atoms with Crippen LogP contribution in [0.1, 0.15) is 12.0 Å². The second kappa shape index (κ2) is 5.66. The van der Waals surface area contributed by atoms with E-state index in [2.05, 4.69) is 16.6 Å². The van der Waals surface area contributed by atoms with Crippen LogP contribution in [0.2, 0.25) is 0 Å². The van der Waals surface area contributed by atoms with E-state index < -0.39 is 22.1 Å². The van der Waals surface area contributed by atoms with Crippen molar-refractivity contribution in [1.82, 2.24) is 4.31 Å². The van der Waals surface area contributed by atoms with Crippen LogP contribution in [-0.4, -0.2) is 31.4 Å². The maximum Gasteiger partial charge on any atom is 0.243 e. The summed E-state index contributed by atoms with van der Waals surface area (Å²) in [6, 6.07) is 5.82. The molecule has 0 radical (unpaired) electrons. The minimum atomic E-state index is -3.59. The van der Waals surface area contributed by atoms with E-state index in [1.807, 2.05) is 6.92 Å². The average Bonchev–Trinajstić information content (AvgIpc) is 2.83. The highest BCUT2D eigenvalue weighted by Crippen LogP contribution is 2.28. The van der Waals surface area contributed by atoms with E-state index in [1.165, 1.54) is 10.4 Å². The van der Waals surface area contributed by atoms with Crippen LogP contribution >= 0.6 is 0 Å². The lowest BCUT2D eigenvalue weighted by atomic mass is 10.1. The Morgan fingerprint density at radius 2 is 2.10 bits per heavy atom. The molecule has 1 aromatic carbocycles. The van der Waals surface area contributed by atoms with Gasteiger partial charge in [-0.15, -0.1) is 6.58 Å². The Morgan fingerprint density at radius 1 is 1.45 bits per heavy atom. The normalized spacial score (nSPS) is 23.2. The van der Waals surface area contributed by atoms with Gasteiger partial charge in [0.2, 0.25) is 10.0 Å². The van der Waals surface area contributed by atoms with Crippen LogP contribution in [0.5, 0.6) is 0 Å². The van der Waals surface area contributed by atoms with Crippen LogP contribution in [0.3, 0.4) is 0 Å². The number of rotatable bonds is 4. The van der Waals surface area contributed by atoms with Gasteiger partial charge >= 0.3 is 0 Å². The molecule has 106 valence electrons. The predicted octanol–water partition coefficient (Wildman–Crippen LogP) is 2.62. The summed E-state index contributed by atoms with van der Waals surface area (Å²) in [5, 5.41) is 3.65. The molecule has 20 heavy (non-hydrogen) atoms. The third-order valence-corrected chi connectivity index (χ3v) is 5.35. The Hall–Kier alpha value is -1.82. The zero-order valence-electron chi connectivity index (χ0n) is 11.2. The third-order valence-electron chi connectivity index (χ3n) is 3.44. The van der Waals surface area contributed by atoms with E-state index in [0.717, 1.165) is 5.56 Å². The minimum absolute atomic E-state index is 0.247. The zero-order chi connectivity index (χ0) is 14.8. The van der Waals surface area contributed by atoms with Gasteiger partial charge in [-0.2, -0.15) is 4.31 Å². The van der Waals surface area contributed by atoms with Crippen molar-refractivity contribution in [2.45, 2.75) is 30.3 Å². The highest BCUT2D eigenvalue weighted by atomic mass is 32.2. The van der Waals surface area contributed by atoms with Crippen LogP contribution < -0.4 is 0 Å². The maximum atomic E-state index is 12.6. The zero-order valence-corrected chi connectivity index (χ0v) is 12.0. The second-order valence-corrected chi connectivity index (χ2v) is 6.61. The largest absolute Gasteiger partial charge is 0.243 e. The average molecular weight is 292 g/mol. The molecule has 1 aliphatic rings. The molecule has 0 amide bonds. The molecule has 0 aromatic heterocycles. The topological polar surface area (TPSA) is 86.1 Å². The summed E-state index contributed by atoms with van der Waals surface area (Å²) in [5.74, 6) is 0. The van der Waals surface area contributed by atoms with Gasteiger partial charge in [0, 0.05) is 11.5 Å². The number of hydrogen-bond acceptors (Lipinski definition) is 3. The fourth-order valence-electron chi connectivity index (χ4n) is 2.36. The van der Waals surface area contributed by atoms with Crippen molar-refractivity contribution in [2.75, 3.05) is 6.54 Å². The lowest BCUT2D eigenvalue weighted by Gasteiger charge is -2.23. The van der Waals surface area contributed by atoms with Crippen molar-refractivity contribution in [1.29, 1.82) is 0 Å². The fraction of sp³-hybridized carbons (Fsp3) is 0.385. The van der Waals surface area contributed by atoms with Gasteiger partial charge in [-0.25, -0.2) is 8.42 Å². The summed E-state index contributed by atoms with van der Waals surface area (Å²) in [6.07, 6.45) is 2.03. The Labute approximate surface area is 118 Å². The van der Waals surface area contributed by atoms with Gasteiger partial charge in [0.25, 0.3) is 0 Å². The summed E-state index contributed by atoms with van der Waals surface area (Å²) in [5.41, 5.74) is 9.53. The van der Waals surface area contributed by atoms with Gasteiger partial charge in [-0.1, -0.05) is 28.9 Å². The summed E-state index contributed by atoms with van der Waals surface area (Å²) in [6.45, 7) is 5.89. The first-order chi connectivity index (χ1) is 9.50. The summed E-state index contributed by atoms with van der Waals surface area (Å²) in [4.78, 5) is 3.02. The van der Waals surface area contributed by atoms with Crippen molar-refractivity contribution in [3.05, 3.63) is 52.9 Å². The molecule has 1 aromatic rings. The lowest BCUT2D eigenvalue weighted by molar-refractivity contribution is 0.420. The number of benzene rings is 1. The highest BCUT2D eigenvalue weighted by molar-refractivity contribution is 7.89. The van der Waals surface area contributed by atoms with Crippen LogP contribution in [-0.2, 0) is 10.0 Å². The van der Waals surface area contributed by atoms with Gasteiger partial charge < -0.3 is 0 Å². The van der Waals surface area contributed by atoms with Crippen molar-refractivity contribution >= 4 is 10.0 Å². The molecule has 1 heterocycles. The van der Waals surface area contributed by atoms with Crippen LogP contribution in [0.15, 0.2) is 46.9 Å². The van der Waals surface area contributed by atoms with Crippen LogP contribution in [0.4, 0.5) is 0 Å². The molecule has 0 bridgehead atoms. The fourth-order valence-corrected chi connectivity index (χ4v) is 4.01. The standard InChI is InChI=1S/C13H16N4O2S/c1-3-13-12(15-16-14)8-9-17(13)20(18,19)11-6-4-10(2)5-7-11/h3-7,12-13H,1,8-9H2,2H3/t12-,13-/m0/s1. The first kappa shape index (κ1) is 14.6. The molecule has 2 rings (SSSR count). The minimum Gasteiger partial charge on any atom is -0.207 e. The second-order valence-electron chi connectivity index (χ2n) is 4.72. The van der Waals surface area contributed by atoms with Gasteiger partial charge in [-0.05, 0) is 31.0 Å². The monoisotopic (exact) mass is 292 g/mol. The van der Waals surface area contributed by atoms with Crippen LogP contribution in [0.25, 0.3) is 10.4 Å². The molecule has 1 fully saturated rings. The van der Waals surface area contributed by atoms with Crippen molar-refractivity contribution in [2.24, 2.45) is 5.11 Å². The Bertz CT molecular complexity index is 647. The first-order valence-electron chi connectivity index (χ1n) is 6.26. The molecule has 0 aliphatic carbocycles. The van der Waals surface area contributed by atoms with E-state index in [-0.39, 0.29) is 4.90 Å². The summed E-state index contributed by atoms with van der Waals surface area (Å²) >= 11 is 0. The molecule has 1 aliphatic heterocycles. The van der Waals surface area contributed by atoms with Gasteiger partial charge in [0.05, 0.1) is 17.0 Å². The number of sulfonamides is 1. The van der Waals surface area contributed by atoms with Crippen LogP contribution in [0, 0.1) is 6.92 Å². The molecule has 0 spiro atoms. The van der Waals surface area contributed by atoms with Gasteiger partial charge in [0.1, 0.15) is 0 Å². The Kier molecular flexibility index (Phi) is 4.13. The van der Waals surface area contributed by atoms with E-state index >= 15 is 0 Å². The molecule has 7 heteroatoms. The van der Waals surface area contributed by atoms with E-state index in [1.54, 1.807) is 24.3 Å². The van der Waals surface area contributed by atoms with Gasteiger partial charge in [0.15, 0.2) is 0 Å². The number of nitrogens with zero attached hydrogens (tertiary/aromatic N) is 4. The molecule has 6 nitrogen and oxygen atoms in total. The smallest absolute Gasteiger partial charge is 0.207 e. The van der Waals surface area contributed by atoms with Crippen molar-refractivity contribution in [3.63, 3.8) is 0 Å². The molecule has 0 unspecified atom stereocenters. The van der Waals surface area contributed by atoms with Gasteiger partial charge in [-0.3, -0.25) is 0 Å². The lowest BCUT2D eigenvalue weighted by Crippen LogP contribution is -2.37. The predicted molar refractivity (Wildman–Crippen MR) is 76.6 cm³/mol. The van der Waals surface area contributed by atoms with E-state index in [9.17, 15) is 8.42 Å². The first-order valence-corrected chi connectivity index (χ1v) is 7.70.